The average Bonchev–Trinajstić information content (AvgIpc) is 2.46. The van der Waals surface area contributed by atoms with Crippen molar-refractivity contribution in [2.45, 2.75) is 25.9 Å². The second kappa shape index (κ2) is 4.21. The van der Waals surface area contributed by atoms with Gasteiger partial charge >= 0.3 is 0 Å². The van der Waals surface area contributed by atoms with Crippen molar-refractivity contribution in [1.29, 1.82) is 0 Å². The van der Waals surface area contributed by atoms with E-state index in [1.54, 1.807) is 0 Å². The molecular formula is C9H20N2O. The highest BCUT2D eigenvalue weighted by atomic mass is 16.3. The van der Waals surface area contributed by atoms with E-state index in [1.807, 2.05) is 7.05 Å². The number of hydrogen-bond donors (Lipinski definition) is 2. The zero-order chi connectivity index (χ0) is 9.14. The van der Waals surface area contributed by atoms with Crippen LogP contribution in [0.25, 0.3) is 0 Å². The highest BCUT2D eigenvalue weighted by Gasteiger charge is 2.31. The standard InChI is InChI=1S/C9H20N2O/c1-7(2)11-4-8(6-12)9(5-11)10-3/h7-10,12H,4-6H2,1-3H3/t8-,9+/m1/s1. The summed E-state index contributed by atoms with van der Waals surface area (Å²) in [6.07, 6.45) is 0. The van der Waals surface area contributed by atoms with Gasteiger partial charge in [0, 0.05) is 37.7 Å². The Morgan fingerprint density at radius 2 is 2.17 bits per heavy atom. The van der Waals surface area contributed by atoms with E-state index in [9.17, 15) is 0 Å². The van der Waals surface area contributed by atoms with Crippen LogP contribution in [0.5, 0.6) is 0 Å². The maximum Gasteiger partial charge on any atom is 0.0486 e. The summed E-state index contributed by atoms with van der Waals surface area (Å²) < 4.78 is 0. The van der Waals surface area contributed by atoms with Crippen LogP contribution in [-0.2, 0) is 0 Å². The summed E-state index contributed by atoms with van der Waals surface area (Å²) in [4.78, 5) is 2.40. The molecule has 72 valence electrons. The zero-order valence-corrected chi connectivity index (χ0v) is 8.25. The molecule has 0 aromatic rings. The Morgan fingerprint density at radius 3 is 2.50 bits per heavy atom. The van der Waals surface area contributed by atoms with E-state index in [1.165, 1.54) is 0 Å². The Bertz CT molecular complexity index is 126. The SMILES string of the molecule is CN[C@H]1CN(C(C)C)C[C@@H]1CO. The van der Waals surface area contributed by atoms with Gasteiger partial charge in [-0.2, -0.15) is 0 Å². The molecule has 1 fully saturated rings. The molecule has 0 bridgehead atoms. The maximum absolute atomic E-state index is 9.10. The van der Waals surface area contributed by atoms with Crippen LogP contribution in [0.3, 0.4) is 0 Å². The van der Waals surface area contributed by atoms with Gasteiger partial charge in [0.1, 0.15) is 0 Å². The van der Waals surface area contributed by atoms with Gasteiger partial charge in [-0.25, -0.2) is 0 Å². The molecule has 0 saturated carbocycles. The second-order valence-electron chi connectivity index (χ2n) is 3.89. The largest absolute Gasteiger partial charge is 0.396 e. The van der Waals surface area contributed by atoms with Gasteiger partial charge in [0.05, 0.1) is 0 Å². The lowest BCUT2D eigenvalue weighted by atomic mass is 10.1. The van der Waals surface area contributed by atoms with Crippen molar-refractivity contribution >= 4 is 0 Å². The molecule has 12 heavy (non-hydrogen) atoms. The van der Waals surface area contributed by atoms with E-state index in [2.05, 4.69) is 24.1 Å². The Balaban J connectivity index is 2.47. The molecule has 0 aromatic heterocycles. The fourth-order valence-corrected chi connectivity index (χ4v) is 1.84. The Kier molecular flexibility index (Phi) is 3.50. The third-order valence-corrected chi connectivity index (χ3v) is 2.80. The minimum atomic E-state index is 0.300. The Morgan fingerprint density at radius 1 is 1.50 bits per heavy atom. The number of aliphatic hydroxyl groups excluding tert-OH is 1. The number of likely N-dealkylation sites (tertiary alicyclic amines) is 1. The normalized spacial score (nSPS) is 31.8. The van der Waals surface area contributed by atoms with Crippen LogP contribution < -0.4 is 5.32 Å². The highest BCUT2D eigenvalue weighted by Crippen LogP contribution is 2.18. The van der Waals surface area contributed by atoms with Crippen molar-refractivity contribution in [3.8, 4) is 0 Å². The van der Waals surface area contributed by atoms with Crippen LogP contribution in [0.1, 0.15) is 13.8 Å². The molecule has 0 aromatic carbocycles. The molecule has 0 aliphatic carbocycles. The molecule has 3 nitrogen and oxygen atoms in total. The highest BCUT2D eigenvalue weighted by molar-refractivity contribution is 4.88. The third kappa shape index (κ3) is 1.97. The van der Waals surface area contributed by atoms with Crippen LogP contribution >= 0.6 is 0 Å². The average molecular weight is 172 g/mol. The maximum atomic E-state index is 9.10. The van der Waals surface area contributed by atoms with Gasteiger partial charge < -0.3 is 10.4 Å². The summed E-state index contributed by atoms with van der Waals surface area (Å²) in [5, 5.41) is 12.3. The predicted molar refractivity (Wildman–Crippen MR) is 50.1 cm³/mol. The Hall–Kier alpha value is -0.120. The molecule has 1 aliphatic rings. The van der Waals surface area contributed by atoms with Gasteiger partial charge in [0.15, 0.2) is 0 Å². The van der Waals surface area contributed by atoms with Gasteiger partial charge in [-0.1, -0.05) is 0 Å². The van der Waals surface area contributed by atoms with E-state index in [0.29, 0.717) is 24.6 Å². The topological polar surface area (TPSA) is 35.5 Å². The smallest absolute Gasteiger partial charge is 0.0486 e. The number of rotatable bonds is 3. The molecule has 0 unspecified atom stereocenters. The van der Waals surface area contributed by atoms with E-state index in [0.717, 1.165) is 13.1 Å². The van der Waals surface area contributed by atoms with E-state index < -0.39 is 0 Å². The molecule has 0 amide bonds. The molecule has 2 N–H and O–H groups in total. The number of likely N-dealkylation sites (N-methyl/N-ethyl adjacent to an activating group) is 1. The molecule has 1 aliphatic heterocycles. The predicted octanol–water partition coefficient (Wildman–Crippen LogP) is -0.0931. The first-order valence-electron chi connectivity index (χ1n) is 4.71. The number of aliphatic hydroxyl groups is 1. The molecule has 1 rings (SSSR count). The molecule has 2 atom stereocenters. The molecule has 1 saturated heterocycles. The van der Waals surface area contributed by atoms with E-state index in [4.69, 9.17) is 5.11 Å². The number of nitrogens with zero attached hydrogens (tertiary/aromatic N) is 1. The summed E-state index contributed by atoms with van der Waals surface area (Å²) in [7, 11) is 1.97. The summed E-state index contributed by atoms with van der Waals surface area (Å²) >= 11 is 0. The number of nitrogens with one attached hydrogen (secondary N) is 1. The molecule has 0 spiro atoms. The van der Waals surface area contributed by atoms with Gasteiger partial charge in [0.2, 0.25) is 0 Å². The van der Waals surface area contributed by atoms with Crippen molar-refractivity contribution in [3.05, 3.63) is 0 Å². The van der Waals surface area contributed by atoms with Crippen LogP contribution in [0, 0.1) is 5.92 Å². The van der Waals surface area contributed by atoms with Gasteiger partial charge in [-0.15, -0.1) is 0 Å². The minimum Gasteiger partial charge on any atom is -0.396 e. The summed E-state index contributed by atoms with van der Waals surface area (Å²) in [6, 6.07) is 1.06. The fraction of sp³-hybridized carbons (Fsp3) is 1.00. The first-order chi connectivity index (χ1) is 5.69. The summed E-state index contributed by atoms with van der Waals surface area (Å²) in [5.41, 5.74) is 0. The molecular weight excluding hydrogens is 152 g/mol. The van der Waals surface area contributed by atoms with E-state index >= 15 is 0 Å². The summed E-state index contributed by atoms with van der Waals surface area (Å²) in [6.45, 7) is 6.80. The van der Waals surface area contributed by atoms with Gasteiger partial charge in [-0.05, 0) is 20.9 Å². The second-order valence-corrected chi connectivity index (χ2v) is 3.89. The van der Waals surface area contributed by atoms with E-state index in [-0.39, 0.29) is 0 Å². The van der Waals surface area contributed by atoms with Crippen molar-refractivity contribution in [2.24, 2.45) is 5.92 Å². The fourth-order valence-electron chi connectivity index (χ4n) is 1.84. The van der Waals surface area contributed by atoms with Gasteiger partial charge in [-0.3, -0.25) is 4.90 Å². The molecule has 1 heterocycles. The first-order valence-corrected chi connectivity index (χ1v) is 4.71. The van der Waals surface area contributed by atoms with Crippen molar-refractivity contribution < 1.29 is 5.11 Å². The van der Waals surface area contributed by atoms with Crippen molar-refractivity contribution in [3.63, 3.8) is 0 Å². The van der Waals surface area contributed by atoms with Crippen LogP contribution in [0.2, 0.25) is 0 Å². The lowest BCUT2D eigenvalue weighted by molar-refractivity contribution is 0.202. The zero-order valence-electron chi connectivity index (χ0n) is 8.25. The first kappa shape index (κ1) is 9.96. The van der Waals surface area contributed by atoms with Gasteiger partial charge in [0.25, 0.3) is 0 Å². The van der Waals surface area contributed by atoms with Crippen molar-refractivity contribution in [1.82, 2.24) is 10.2 Å². The van der Waals surface area contributed by atoms with Crippen LogP contribution in [0.4, 0.5) is 0 Å². The lowest BCUT2D eigenvalue weighted by Crippen LogP contribution is -2.35. The molecule has 3 heteroatoms. The quantitative estimate of drug-likeness (QED) is 0.624. The van der Waals surface area contributed by atoms with Crippen molar-refractivity contribution in [2.75, 3.05) is 26.7 Å². The monoisotopic (exact) mass is 172 g/mol. The minimum absolute atomic E-state index is 0.300. The van der Waals surface area contributed by atoms with Crippen LogP contribution in [-0.4, -0.2) is 48.8 Å². The number of hydrogen-bond acceptors (Lipinski definition) is 3. The Labute approximate surface area is 74.8 Å². The third-order valence-electron chi connectivity index (χ3n) is 2.80. The van der Waals surface area contributed by atoms with Crippen LogP contribution in [0.15, 0.2) is 0 Å². The lowest BCUT2D eigenvalue weighted by Gasteiger charge is -2.19. The molecule has 0 radical (unpaired) electrons. The summed E-state index contributed by atoms with van der Waals surface area (Å²) in [5.74, 6) is 0.414.